The highest BCUT2D eigenvalue weighted by Crippen LogP contribution is 2.36. The minimum atomic E-state index is -0.695. The van der Waals surface area contributed by atoms with E-state index in [0.717, 1.165) is 12.8 Å². The third kappa shape index (κ3) is 2.13. The van der Waals surface area contributed by atoms with Crippen LogP contribution in [-0.2, 0) is 11.3 Å². The number of anilines is 1. The van der Waals surface area contributed by atoms with Crippen molar-refractivity contribution < 1.29 is 9.59 Å². The Kier molecular flexibility index (Phi) is 3.12. The molecule has 1 aromatic heterocycles. The van der Waals surface area contributed by atoms with Crippen molar-refractivity contribution in [2.24, 2.45) is 5.92 Å². The Morgan fingerprint density at radius 1 is 1.40 bits per heavy atom. The summed E-state index contributed by atoms with van der Waals surface area (Å²) in [7, 11) is 0. The molecule has 1 aromatic rings. The van der Waals surface area contributed by atoms with Crippen LogP contribution in [-0.4, -0.2) is 32.6 Å². The van der Waals surface area contributed by atoms with Crippen LogP contribution >= 0.6 is 11.3 Å². The fourth-order valence-corrected chi connectivity index (χ4v) is 3.48. The highest BCUT2D eigenvalue weighted by Gasteiger charge is 2.52. The van der Waals surface area contributed by atoms with Crippen LogP contribution in [0.3, 0.4) is 0 Å². The number of aromatic nitrogens is 2. The van der Waals surface area contributed by atoms with E-state index in [1.54, 1.807) is 0 Å². The van der Waals surface area contributed by atoms with Gasteiger partial charge in [-0.2, -0.15) is 0 Å². The van der Waals surface area contributed by atoms with Gasteiger partial charge in [0.25, 0.3) is 5.91 Å². The second-order valence-corrected chi connectivity index (χ2v) is 6.71. The molecule has 1 spiro atoms. The van der Waals surface area contributed by atoms with Crippen molar-refractivity contribution in [3.05, 3.63) is 5.01 Å². The van der Waals surface area contributed by atoms with Crippen LogP contribution in [0.15, 0.2) is 0 Å². The minimum Gasteiger partial charge on any atom is -0.374 e. The molecule has 20 heavy (non-hydrogen) atoms. The third-order valence-corrected chi connectivity index (χ3v) is 4.89. The van der Waals surface area contributed by atoms with Gasteiger partial charge in [-0.1, -0.05) is 18.3 Å². The first-order chi connectivity index (χ1) is 9.50. The lowest BCUT2D eigenvalue weighted by Crippen LogP contribution is -2.49. The molecular formula is C12H17N5O2S. The third-order valence-electron chi connectivity index (χ3n) is 4.15. The van der Waals surface area contributed by atoms with E-state index in [4.69, 9.17) is 5.73 Å². The van der Waals surface area contributed by atoms with Gasteiger partial charge in [-0.15, -0.1) is 10.2 Å². The van der Waals surface area contributed by atoms with Crippen molar-refractivity contribution >= 4 is 28.4 Å². The van der Waals surface area contributed by atoms with Crippen molar-refractivity contribution in [1.82, 2.24) is 20.4 Å². The Hall–Kier alpha value is -1.70. The predicted molar refractivity (Wildman–Crippen MR) is 73.8 cm³/mol. The van der Waals surface area contributed by atoms with Crippen LogP contribution < -0.4 is 11.1 Å². The molecule has 2 aliphatic rings. The second kappa shape index (κ2) is 4.69. The Balaban J connectivity index is 1.77. The molecule has 0 unspecified atom stereocenters. The zero-order chi connectivity index (χ0) is 14.3. The predicted octanol–water partition coefficient (Wildman–Crippen LogP) is 1.12. The molecule has 2 heterocycles. The van der Waals surface area contributed by atoms with Crippen molar-refractivity contribution in [3.8, 4) is 0 Å². The molecule has 3 rings (SSSR count). The highest BCUT2D eigenvalue weighted by molar-refractivity contribution is 7.15. The summed E-state index contributed by atoms with van der Waals surface area (Å²) in [6.45, 7) is 2.33. The zero-order valence-corrected chi connectivity index (χ0v) is 12.1. The number of nitrogen functional groups attached to an aromatic ring is 1. The quantitative estimate of drug-likeness (QED) is 0.796. The number of nitrogens with zero attached hydrogens (tertiary/aromatic N) is 3. The molecule has 7 nitrogen and oxygen atoms in total. The average Bonchev–Trinajstić information content (AvgIpc) is 2.92. The number of hydrogen-bond donors (Lipinski definition) is 2. The highest BCUT2D eigenvalue weighted by atomic mass is 32.1. The van der Waals surface area contributed by atoms with Gasteiger partial charge in [-0.25, -0.2) is 4.79 Å². The number of hydrogen-bond acceptors (Lipinski definition) is 6. The number of nitrogens with one attached hydrogen (secondary N) is 1. The largest absolute Gasteiger partial charge is 0.374 e. The van der Waals surface area contributed by atoms with Crippen molar-refractivity contribution in [3.63, 3.8) is 0 Å². The van der Waals surface area contributed by atoms with E-state index in [1.165, 1.54) is 16.2 Å². The van der Waals surface area contributed by atoms with Gasteiger partial charge in [0.05, 0.1) is 6.54 Å². The Labute approximate surface area is 120 Å². The van der Waals surface area contributed by atoms with Gasteiger partial charge in [-0.05, 0) is 31.6 Å². The number of nitrogens with two attached hydrogens (primary N) is 1. The number of rotatable bonds is 2. The number of amides is 3. The average molecular weight is 295 g/mol. The Bertz CT molecular complexity index is 550. The second-order valence-electron chi connectivity index (χ2n) is 5.62. The SMILES string of the molecule is CC1CCC2(CC1)NC(=O)N(Cc1nnc(N)s1)C2=O. The van der Waals surface area contributed by atoms with Crippen LogP contribution in [0.1, 0.15) is 37.6 Å². The van der Waals surface area contributed by atoms with Crippen LogP contribution in [0.2, 0.25) is 0 Å². The lowest BCUT2D eigenvalue weighted by molar-refractivity contribution is -0.133. The van der Waals surface area contributed by atoms with E-state index in [0.29, 0.717) is 28.9 Å². The first kappa shape index (κ1) is 13.3. The van der Waals surface area contributed by atoms with Gasteiger partial charge in [0.2, 0.25) is 5.13 Å². The van der Waals surface area contributed by atoms with Crippen LogP contribution in [0.5, 0.6) is 0 Å². The summed E-state index contributed by atoms with van der Waals surface area (Å²) in [6.07, 6.45) is 3.36. The zero-order valence-electron chi connectivity index (χ0n) is 11.3. The summed E-state index contributed by atoms with van der Waals surface area (Å²) in [4.78, 5) is 25.9. The fourth-order valence-electron chi connectivity index (χ4n) is 2.88. The van der Waals surface area contributed by atoms with E-state index in [1.807, 2.05) is 0 Å². The molecule has 1 saturated carbocycles. The standard InChI is InChI=1S/C12H17N5O2S/c1-7-2-4-12(5-3-7)9(18)17(11(19)14-12)6-8-15-16-10(13)20-8/h7H,2-6H2,1H3,(H2,13,16)(H,14,19). The summed E-state index contributed by atoms with van der Waals surface area (Å²) < 4.78 is 0. The summed E-state index contributed by atoms with van der Waals surface area (Å²) in [6, 6.07) is -0.335. The number of carbonyl (C=O) groups is 2. The van der Waals surface area contributed by atoms with Gasteiger partial charge in [0.1, 0.15) is 10.5 Å². The Morgan fingerprint density at radius 3 is 2.70 bits per heavy atom. The smallest absolute Gasteiger partial charge is 0.325 e. The maximum Gasteiger partial charge on any atom is 0.325 e. The van der Waals surface area contributed by atoms with Crippen LogP contribution in [0, 0.1) is 5.92 Å². The molecule has 0 atom stereocenters. The first-order valence-electron chi connectivity index (χ1n) is 6.72. The number of urea groups is 1. The maximum atomic E-state index is 12.6. The van der Waals surface area contributed by atoms with E-state index >= 15 is 0 Å². The molecule has 108 valence electrons. The van der Waals surface area contributed by atoms with Crippen molar-refractivity contribution in [2.45, 2.75) is 44.7 Å². The normalized spacial score (nSPS) is 30.1. The van der Waals surface area contributed by atoms with Gasteiger partial charge in [-0.3, -0.25) is 9.69 Å². The molecule has 8 heteroatoms. The first-order valence-corrected chi connectivity index (χ1v) is 7.54. The van der Waals surface area contributed by atoms with E-state index in [9.17, 15) is 9.59 Å². The molecule has 1 aliphatic carbocycles. The van der Waals surface area contributed by atoms with E-state index in [2.05, 4.69) is 22.4 Å². The van der Waals surface area contributed by atoms with Gasteiger partial charge in [0.15, 0.2) is 0 Å². The summed E-state index contributed by atoms with van der Waals surface area (Å²) in [5.74, 6) is 0.477. The minimum absolute atomic E-state index is 0.136. The van der Waals surface area contributed by atoms with Gasteiger partial charge < -0.3 is 11.1 Å². The monoisotopic (exact) mass is 295 g/mol. The molecule has 1 saturated heterocycles. The van der Waals surface area contributed by atoms with Gasteiger partial charge in [0, 0.05) is 0 Å². The number of imide groups is 1. The van der Waals surface area contributed by atoms with Crippen LogP contribution in [0.4, 0.5) is 9.93 Å². The van der Waals surface area contributed by atoms with E-state index in [-0.39, 0.29) is 18.5 Å². The summed E-state index contributed by atoms with van der Waals surface area (Å²) in [5, 5.41) is 11.4. The van der Waals surface area contributed by atoms with Crippen molar-refractivity contribution in [1.29, 1.82) is 0 Å². The molecule has 2 fully saturated rings. The van der Waals surface area contributed by atoms with Crippen LogP contribution in [0.25, 0.3) is 0 Å². The Morgan fingerprint density at radius 2 is 2.10 bits per heavy atom. The maximum absolute atomic E-state index is 12.6. The van der Waals surface area contributed by atoms with E-state index < -0.39 is 5.54 Å². The molecule has 3 amide bonds. The van der Waals surface area contributed by atoms with Gasteiger partial charge >= 0.3 is 6.03 Å². The summed E-state index contributed by atoms with van der Waals surface area (Å²) in [5.41, 5.74) is 4.82. The lowest BCUT2D eigenvalue weighted by atomic mass is 9.77. The summed E-state index contributed by atoms with van der Waals surface area (Å²) >= 11 is 1.20. The molecule has 1 aliphatic heterocycles. The number of carbonyl (C=O) groups excluding carboxylic acids is 2. The topological polar surface area (TPSA) is 101 Å². The molecule has 0 radical (unpaired) electrons. The lowest BCUT2D eigenvalue weighted by Gasteiger charge is -2.33. The van der Waals surface area contributed by atoms with Crippen molar-refractivity contribution in [2.75, 3.05) is 5.73 Å². The fraction of sp³-hybridized carbons (Fsp3) is 0.667. The molecule has 0 bridgehead atoms. The molecular weight excluding hydrogens is 278 g/mol. The molecule has 3 N–H and O–H groups in total. The molecule has 0 aromatic carbocycles.